The van der Waals surface area contributed by atoms with E-state index in [2.05, 4.69) is 15.3 Å². The van der Waals surface area contributed by atoms with Crippen molar-refractivity contribution < 1.29 is 44.7 Å². The molecule has 0 spiro atoms. The standard InChI is InChI=1S/C24H22ClF8N5O2/c1-37-19-16(35-23(37)38(22(29)30)18-14(25)3-2-4-15(18)26)9-13(21(36-19)40-10-17(27)28)20(39)34-12-7-5-11(6-8-12)24(31,32)33/h2-4,9,11-12,17,22H,5-8,10H2,1H3,(H,34,39). The van der Waals surface area contributed by atoms with E-state index in [0.29, 0.717) is 0 Å². The zero-order valence-electron chi connectivity index (χ0n) is 20.7. The SMILES string of the molecule is Cn1c(N(c2c(F)cccc2Cl)C(F)F)nc2cc(C(=O)NC3CCC(C(F)(F)F)CC3)c(OCC(F)F)nc21. The number of hydrogen-bond donors (Lipinski definition) is 1. The topological polar surface area (TPSA) is 72.3 Å². The highest BCUT2D eigenvalue weighted by molar-refractivity contribution is 6.33. The molecule has 0 aliphatic heterocycles. The van der Waals surface area contributed by atoms with Gasteiger partial charge in [0.05, 0.1) is 10.9 Å². The summed E-state index contributed by atoms with van der Waals surface area (Å²) in [6, 6.07) is 3.75. The second-order valence-corrected chi connectivity index (χ2v) is 9.55. The first-order chi connectivity index (χ1) is 18.8. The molecule has 7 nitrogen and oxygen atoms in total. The molecule has 1 aromatic carbocycles. The predicted octanol–water partition coefficient (Wildman–Crippen LogP) is 6.62. The maximum absolute atomic E-state index is 14.5. The maximum Gasteiger partial charge on any atom is 0.391 e. The minimum Gasteiger partial charge on any atom is -0.471 e. The van der Waals surface area contributed by atoms with Crippen LogP contribution < -0.4 is 15.0 Å². The molecule has 16 heteroatoms. The van der Waals surface area contributed by atoms with Gasteiger partial charge in [0, 0.05) is 13.1 Å². The van der Waals surface area contributed by atoms with Crippen LogP contribution in [0.15, 0.2) is 24.3 Å². The van der Waals surface area contributed by atoms with Crippen molar-refractivity contribution in [1.82, 2.24) is 19.9 Å². The highest BCUT2D eigenvalue weighted by atomic mass is 35.5. The number of pyridine rings is 1. The number of alkyl halides is 7. The van der Waals surface area contributed by atoms with Crippen LogP contribution >= 0.6 is 11.6 Å². The van der Waals surface area contributed by atoms with E-state index in [1.165, 1.54) is 19.2 Å². The van der Waals surface area contributed by atoms with Crippen molar-refractivity contribution in [1.29, 1.82) is 0 Å². The summed E-state index contributed by atoms with van der Waals surface area (Å²) in [7, 11) is 1.25. The molecular formula is C24H22ClF8N5O2. The highest BCUT2D eigenvalue weighted by Crippen LogP contribution is 2.39. The molecular weight excluding hydrogens is 578 g/mol. The number of imidazole rings is 1. The predicted molar refractivity (Wildman–Crippen MR) is 129 cm³/mol. The fraction of sp³-hybridized carbons (Fsp3) is 0.458. The number of carbonyl (C=O) groups is 1. The number of hydrogen-bond acceptors (Lipinski definition) is 5. The smallest absolute Gasteiger partial charge is 0.391 e. The summed E-state index contributed by atoms with van der Waals surface area (Å²) < 4.78 is 114. The van der Waals surface area contributed by atoms with Crippen molar-refractivity contribution in [3.05, 3.63) is 40.7 Å². The number of aryl methyl sites for hydroxylation is 1. The summed E-state index contributed by atoms with van der Waals surface area (Å²) in [5, 5.41) is 2.21. The Morgan fingerprint density at radius 1 is 1.18 bits per heavy atom. The third-order valence-electron chi connectivity index (χ3n) is 6.49. The van der Waals surface area contributed by atoms with Crippen LogP contribution in [0.4, 0.5) is 46.8 Å². The lowest BCUT2D eigenvalue weighted by Gasteiger charge is -2.30. The Morgan fingerprint density at radius 3 is 2.42 bits per heavy atom. The maximum atomic E-state index is 14.5. The van der Waals surface area contributed by atoms with Crippen LogP contribution in [-0.2, 0) is 7.05 Å². The van der Waals surface area contributed by atoms with E-state index in [9.17, 15) is 39.9 Å². The van der Waals surface area contributed by atoms with Crippen LogP contribution in [0, 0.1) is 11.7 Å². The number of para-hydroxylation sites is 1. The molecule has 0 unspecified atom stereocenters. The van der Waals surface area contributed by atoms with Gasteiger partial charge in [0.15, 0.2) is 12.3 Å². The zero-order valence-corrected chi connectivity index (χ0v) is 21.4. The van der Waals surface area contributed by atoms with Gasteiger partial charge >= 0.3 is 12.7 Å². The quantitative estimate of drug-likeness (QED) is 0.233. The summed E-state index contributed by atoms with van der Waals surface area (Å²) >= 11 is 5.98. The number of nitrogens with one attached hydrogen (secondary N) is 1. The zero-order chi connectivity index (χ0) is 29.4. The van der Waals surface area contributed by atoms with Gasteiger partial charge in [0.25, 0.3) is 12.3 Å². The van der Waals surface area contributed by atoms with Crippen LogP contribution in [0.2, 0.25) is 5.02 Å². The van der Waals surface area contributed by atoms with E-state index < -0.39 is 67.0 Å². The molecule has 218 valence electrons. The van der Waals surface area contributed by atoms with E-state index >= 15 is 0 Å². The van der Waals surface area contributed by atoms with Gasteiger partial charge in [-0.3, -0.25) is 9.36 Å². The van der Waals surface area contributed by atoms with Gasteiger partial charge in [0.1, 0.15) is 22.6 Å². The highest BCUT2D eigenvalue weighted by Gasteiger charge is 2.41. The van der Waals surface area contributed by atoms with Crippen molar-refractivity contribution in [2.24, 2.45) is 13.0 Å². The number of halogens is 9. The van der Waals surface area contributed by atoms with Crippen molar-refractivity contribution in [2.75, 3.05) is 11.5 Å². The largest absolute Gasteiger partial charge is 0.471 e. The Bertz CT molecular complexity index is 1360. The number of rotatable bonds is 8. The molecule has 1 aliphatic carbocycles. The van der Waals surface area contributed by atoms with E-state index in [4.69, 9.17) is 16.3 Å². The van der Waals surface area contributed by atoms with E-state index in [0.717, 1.165) is 16.7 Å². The Balaban J connectivity index is 1.71. The molecule has 2 heterocycles. The van der Waals surface area contributed by atoms with Crippen LogP contribution in [0.3, 0.4) is 0 Å². The molecule has 1 fully saturated rings. The second kappa shape index (κ2) is 11.6. The fourth-order valence-electron chi connectivity index (χ4n) is 4.55. The Labute approximate surface area is 227 Å². The van der Waals surface area contributed by atoms with Gasteiger partial charge in [-0.05, 0) is 43.9 Å². The van der Waals surface area contributed by atoms with Gasteiger partial charge in [-0.1, -0.05) is 17.7 Å². The number of anilines is 2. The molecule has 2 aromatic heterocycles. The molecule has 3 aromatic rings. The lowest BCUT2D eigenvalue weighted by atomic mass is 9.85. The minimum atomic E-state index is -4.35. The summed E-state index contributed by atoms with van der Waals surface area (Å²) in [4.78, 5) is 21.4. The van der Waals surface area contributed by atoms with E-state index in [1.807, 2.05) is 0 Å². The lowest BCUT2D eigenvalue weighted by Crippen LogP contribution is -2.40. The normalized spacial score (nSPS) is 18.0. The molecule has 0 bridgehead atoms. The molecule has 0 radical (unpaired) electrons. The summed E-state index contributed by atoms with van der Waals surface area (Å²) in [6.07, 6.45) is -7.65. The third kappa shape index (κ3) is 6.18. The lowest BCUT2D eigenvalue weighted by molar-refractivity contribution is -0.182. The molecule has 0 saturated heterocycles. The van der Waals surface area contributed by atoms with Gasteiger partial charge in [-0.15, -0.1) is 0 Å². The van der Waals surface area contributed by atoms with Crippen LogP contribution in [-0.4, -0.2) is 52.2 Å². The third-order valence-corrected chi connectivity index (χ3v) is 6.80. The van der Waals surface area contributed by atoms with Crippen molar-refractivity contribution >= 4 is 40.3 Å². The summed E-state index contributed by atoms with van der Waals surface area (Å²) in [5.74, 6) is -4.56. The van der Waals surface area contributed by atoms with Crippen molar-refractivity contribution in [2.45, 2.75) is 50.9 Å². The van der Waals surface area contributed by atoms with E-state index in [-0.39, 0.29) is 52.3 Å². The first-order valence-electron chi connectivity index (χ1n) is 11.9. The number of amides is 1. The average molecular weight is 600 g/mol. The minimum absolute atomic E-state index is 0.0271. The summed E-state index contributed by atoms with van der Waals surface area (Å²) in [5.41, 5.74) is -1.38. The van der Waals surface area contributed by atoms with Crippen LogP contribution in [0.1, 0.15) is 36.0 Å². The first-order valence-corrected chi connectivity index (χ1v) is 12.3. The number of benzene rings is 1. The average Bonchev–Trinajstić information content (AvgIpc) is 3.18. The van der Waals surface area contributed by atoms with E-state index in [1.54, 1.807) is 0 Å². The van der Waals surface area contributed by atoms with Gasteiger partial charge in [-0.25, -0.2) is 23.1 Å². The summed E-state index contributed by atoms with van der Waals surface area (Å²) in [6.45, 7) is -4.50. The fourth-order valence-corrected chi connectivity index (χ4v) is 4.80. The number of aromatic nitrogens is 3. The molecule has 1 N–H and O–H groups in total. The van der Waals surface area contributed by atoms with Crippen molar-refractivity contribution in [3.8, 4) is 5.88 Å². The second-order valence-electron chi connectivity index (χ2n) is 9.14. The van der Waals surface area contributed by atoms with Gasteiger partial charge < -0.3 is 10.1 Å². The Hall–Kier alpha value is -3.36. The number of ether oxygens (including phenoxy) is 1. The van der Waals surface area contributed by atoms with Crippen LogP contribution in [0.5, 0.6) is 5.88 Å². The van der Waals surface area contributed by atoms with Gasteiger partial charge in [-0.2, -0.15) is 26.9 Å². The molecule has 0 atom stereocenters. The molecule has 1 aliphatic rings. The first kappa shape index (κ1) is 29.6. The monoisotopic (exact) mass is 599 g/mol. The molecule has 40 heavy (non-hydrogen) atoms. The number of nitrogens with zero attached hydrogens (tertiary/aromatic N) is 4. The van der Waals surface area contributed by atoms with Crippen LogP contribution in [0.25, 0.3) is 11.2 Å². The number of fused-ring (bicyclic) bond motifs is 1. The molecule has 1 amide bonds. The Morgan fingerprint density at radius 2 is 1.85 bits per heavy atom. The van der Waals surface area contributed by atoms with Gasteiger partial charge in [0.2, 0.25) is 11.8 Å². The Kier molecular flexibility index (Phi) is 8.61. The molecule has 4 rings (SSSR count). The van der Waals surface area contributed by atoms with Crippen molar-refractivity contribution in [3.63, 3.8) is 0 Å². The molecule has 1 saturated carbocycles. The number of carbonyl (C=O) groups excluding carboxylic acids is 1.